The van der Waals surface area contributed by atoms with Gasteiger partial charge >= 0.3 is 0 Å². The van der Waals surface area contributed by atoms with Crippen LogP contribution in [0.5, 0.6) is 5.75 Å². The molecule has 0 bridgehead atoms. The fraction of sp³-hybridized carbons (Fsp3) is 0.500. The third-order valence-electron chi connectivity index (χ3n) is 5.14. The molecule has 10 heteroatoms. The van der Waals surface area contributed by atoms with Gasteiger partial charge in [0.15, 0.2) is 11.6 Å². The number of pyridine rings is 1. The van der Waals surface area contributed by atoms with E-state index >= 15 is 0 Å². The zero-order chi connectivity index (χ0) is 27.1. The van der Waals surface area contributed by atoms with Gasteiger partial charge in [0.2, 0.25) is 5.82 Å². The van der Waals surface area contributed by atoms with Crippen LogP contribution in [-0.4, -0.2) is 56.3 Å². The Labute approximate surface area is 212 Å². The van der Waals surface area contributed by atoms with Crippen molar-refractivity contribution in [3.8, 4) is 5.75 Å². The molecule has 1 fully saturated rings. The second kappa shape index (κ2) is 16.5. The third kappa shape index (κ3) is 9.87. The van der Waals surface area contributed by atoms with Crippen molar-refractivity contribution >= 4 is 17.5 Å². The van der Waals surface area contributed by atoms with Gasteiger partial charge in [-0.2, -0.15) is 4.39 Å². The van der Waals surface area contributed by atoms with Crippen LogP contribution in [-0.2, 0) is 9.53 Å². The van der Waals surface area contributed by atoms with Crippen LogP contribution >= 0.6 is 0 Å². The summed E-state index contributed by atoms with van der Waals surface area (Å²) in [4.78, 5) is 28.5. The van der Waals surface area contributed by atoms with E-state index in [-0.39, 0.29) is 35.3 Å². The lowest BCUT2D eigenvalue weighted by Crippen LogP contribution is -2.32. The summed E-state index contributed by atoms with van der Waals surface area (Å²) < 4.78 is 35.0. The molecule has 3 unspecified atom stereocenters. The quantitative estimate of drug-likeness (QED) is 0.463. The van der Waals surface area contributed by atoms with Gasteiger partial charge in [-0.25, -0.2) is 4.39 Å². The van der Waals surface area contributed by atoms with Crippen LogP contribution in [0.4, 0.5) is 14.5 Å². The molecule has 3 atom stereocenters. The molecule has 0 radical (unpaired) electrons. The fourth-order valence-electron chi connectivity index (χ4n) is 3.45. The van der Waals surface area contributed by atoms with E-state index in [2.05, 4.69) is 25.7 Å². The number of hydrogen-bond donors (Lipinski definition) is 3. The minimum absolute atomic E-state index is 0.0694. The Morgan fingerprint density at radius 1 is 1.17 bits per heavy atom. The number of carbonyl (C=O) groups is 2. The van der Waals surface area contributed by atoms with Crippen LogP contribution in [0.3, 0.4) is 0 Å². The molecule has 2 aromatic rings. The largest absolute Gasteiger partial charge is 0.494 e. The number of halogens is 2. The first-order valence-corrected chi connectivity index (χ1v) is 12.1. The van der Waals surface area contributed by atoms with Crippen LogP contribution in [0, 0.1) is 17.6 Å². The number of methoxy groups -OCH3 is 1. The minimum Gasteiger partial charge on any atom is -0.494 e. The molecule has 8 nitrogen and oxygen atoms in total. The first-order chi connectivity index (χ1) is 17.3. The molecular weight excluding hydrogens is 470 g/mol. The Balaban J connectivity index is 0.000000450. The molecule has 0 spiro atoms. The highest BCUT2D eigenvalue weighted by Crippen LogP contribution is 2.26. The van der Waals surface area contributed by atoms with Crippen molar-refractivity contribution in [1.82, 2.24) is 15.6 Å². The smallest absolute Gasteiger partial charge is 0.269 e. The van der Waals surface area contributed by atoms with Crippen molar-refractivity contribution in [3.63, 3.8) is 0 Å². The summed E-state index contributed by atoms with van der Waals surface area (Å²) in [6.07, 6.45) is 2.86. The van der Waals surface area contributed by atoms with E-state index in [1.165, 1.54) is 25.4 Å². The van der Waals surface area contributed by atoms with Gasteiger partial charge in [0, 0.05) is 18.4 Å². The van der Waals surface area contributed by atoms with E-state index in [1.807, 2.05) is 34.7 Å². The molecule has 1 saturated heterocycles. The summed E-state index contributed by atoms with van der Waals surface area (Å²) >= 11 is 0. The van der Waals surface area contributed by atoms with Crippen molar-refractivity contribution < 1.29 is 27.8 Å². The highest BCUT2D eigenvalue weighted by atomic mass is 19.2. The number of benzene rings is 1. The van der Waals surface area contributed by atoms with Crippen LogP contribution in [0.15, 0.2) is 36.5 Å². The number of aromatic nitrogens is 1. The van der Waals surface area contributed by atoms with Gasteiger partial charge < -0.3 is 25.4 Å². The Morgan fingerprint density at radius 3 is 2.47 bits per heavy atom. The Morgan fingerprint density at radius 2 is 1.89 bits per heavy atom. The van der Waals surface area contributed by atoms with E-state index in [4.69, 9.17) is 4.74 Å². The predicted molar refractivity (Wildman–Crippen MR) is 136 cm³/mol. The molecule has 1 aromatic heterocycles. The number of nitrogens with zero attached hydrogens (tertiary/aromatic N) is 1. The second-order valence-electron chi connectivity index (χ2n) is 7.97. The maximum absolute atomic E-state index is 12.5. The van der Waals surface area contributed by atoms with Gasteiger partial charge in [0.1, 0.15) is 11.8 Å². The molecule has 0 saturated carbocycles. The standard InChI is InChI=1S/C17H26N4O3.C7H6F2O.C2H6/c1-11-9-12(2)24-15(11)17(23)21-13-5-8-19-14(10-13)16(22)20-7-4-6-18-3;1-10-6-4-2-3-5(8)7(6)9;1-2/h5,8,10-12,15,18H,4,6-7,9H2,1-3H3,(H,20,22)(H,19,21,23);2-4H,1H3;1-2H3. The normalized spacial score (nSPS) is 18.2. The summed E-state index contributed by atoms with van der Waals surface area (Å²) in [6, 6.07) is 7.03. The third-order valence-corrected chi connectivity index (χ3v) is 5.14. The first-order valence-electron chi connectivity index (χ1n) is 12.1. The highest BCUT2D eigenvalue weighted by Gasteiger charge is 2.35. The van der Waals surface area contributed by atoms with E-state index in [1.54, 1.807) is 12.1 Å². The average Bonchev–Trinajstić information content (AvgIpc) is 3.23. The summed E-state index contributed by atoms with van der Waals surface area (Å²) in [6.45, 7) is 9.38. The van der Waals surface area contributed by atoms with Crippen molar-refractivity contribution in [2.75, 3.05) is 32.6 Å². The van der Waals surface area contributed by atoms with Gasteiger partial charge in [-0.3, -0.25) is 14.6 Å². The van der Waals surface area contributed by atoms with Gasteiger partial charge in [-0.1, -0.05) is 26.8 Å². The molecular formula is C26H38F2N4O4. The van der Waals surface area contributed by atoms with Gasteiger partial charge in [0.25, 0.3) is 11.8 Å². The van der Waals surface area contributed by atoms with E-state index in [9.17, 15) is 18.4 Å². The van der Waals surface area contributed by atoms with Gasteiger partial charge in [0.05, 0.1) is 13.2 Å². The van der Waals surface area contributed by atoms with Crippen molar-refractivity contribution in [1.29, 1.82) is 0 Å². The topological polar surface area (TPSA) is 102 Å². The molecule has 36 heavy (non-hydrogen) atoms. The zero-order valence-electron chi connectivity index (χ0n) is 21.9. The lowest BCUT2D eigenvalue weighted by Gasteiger charge is -2.15. The number of anilines is 1. The Bertz CT molecular complexity index is 961. The maximum Gasteiger partial charge on any atom is 0.269 e. The zero-order valence-corrected chi connectivity index (χ0v) is 21.9. The lowest BCUT2D eigenvalue weighted by atomic mass is 10.0. The molecule has 1 aliphatic heterocycles. The van der Waals surface area contributed by atoms with E-state index < -0.39 is 17.7 Å². The number of nitrogens with one attached hydrogen (secondary N) is 3. The van der Waals surface area contributed by atoms with E-state index in [0.717, 1.165) is 25.5 Å². The molecule has 1 aromatic carbocycles. The first kappa shape index (κ1) is 30.9. The molecule has 3 N–H and O–H groups in total. The number of carbonyl (C=O) groups excluding carboxylic acids is 2. The van der Waals surface area contributed by atoms with Crippen molar-refractivity contribution in [2.24, 2.45) is 5.92 Å². The summed E-state index contributed by atoms with van der Waals surface area (Å²) in [5.41, 5.74) is 0.830. The summed E-state index contributed by atoms with van der Waals surface area (Å²) in [5, 5.41) is 8.63. The van der Waals surface area contributed by atoms with Crippen LogP contribution in [0.2, 0.25) is 0 Å². The highest BCUT2D eigenvalue weighted by molar-refractivity contribution is 5.97. The summed E-state index contributed by atoms with van der Waals surface area (Å²) in [5.74, 6) is -2.15. The molecule has 2 amide bonds. The monoisotopic (exact) mass is 508 g/mol. The SMILES string of the molecule is CC.CNCCCNC(=O)c1cc(NC(=O)C2OC(C)CC2C)ccn1.COc1cccc(F)c1F. The Kier molecular flexibility index (Phi) is 14.2. The Hall–Kier alpha value is -3.11. The predicted octanol–water partition coefficient (Wildman–Crippen LogP) is 4.17. The fourth-order valence-corrected chi connectivity index (χ4v) is 3.45. The van der Waals surface area contributed by atoms with Crippen molar-refractivity contribution in [3.05, 3.63) is 53.9 Å². The van der Waals surface area contributed by atoms with Crippen LogP contribution in [0.25, 0.3) is 0 Å². The van der Waals surface area contributed by atoms with Crippen LogP contribution in [0.1, 0.15) is 51.0 Å². The lowest BCUT2D eigenvalue weighted by molar-refractivity contribution is -0.127. The number of hydrogen-bond acceptors (Lipinski definition) is 6. The van der Waals surface area contributed by atoms with E-state index in [0.29, 0.717) is 12.2 Å². The second-order valence-corrected chi connectivity index (χ2v) is 7.97. The molecule has 2 heterocycles. The number of rotatable bonds is 8. The maximum atomic E-state index is 12.5. The van der Waals surface area contributed by atoms with Gasteiger partial charge in [-0.05, 0) is 63.5 Å². The number of ether oxygens (including phenoxy) is 2. The average molecular weight is 509 g/mol. The summed E-state index contributed by atoms with van der Waals surface area (Å²) in [7, 11) is 3.16. The number of amides is 2. The van der Waals surface area contributed by atoms with Crippen LogP contribution < -0.4 is 20.7 Å². The minimum atomic E-state index is -0.940. The van der Waals surface area contributed by atoms with Gasteiger partial charge in [-0.15, -0.1) is 0 Å². The van der Waals surface area contributed by atoms with Crippen molar-refractivity contribution in [2.45, 2.75) is 52.7 Å². The molecule has 1 aliphatic rings. The molecule has 3 rings (SSSR count). The molecule has 0 aliphatic carbocycles. The molecule has 200 valence electrons.